The van der Waals surface area contributed by atoms with Gasteiger partial charge in [0.25, 0.3) is 0 Å². The molecule has 10 heavy (non-hydrogen) atoms. The standard InChI is InChI=1S/C8H10Se2/c9-7-5-3-1-2-4-6-8(7)10/h3,5H,1-2,4,6H2/b5-3-,8-7-. The van der Waals surface area contributed by atoms with Crippen molar-refractivity contribution >= 4 is 32.0 Å². The van der Waals surface area contributed by atoms with E-state index in [0.29, 0.717) is 0 Å². The third-order valence-electron chi connectivity index (χ3n) is 1.57. The average Bonchev–Trinajstić information content (AvgIpc) is 1.92. The molecule has 1 aliphatic rings. The molecular weight excluding hydrogens is 254 g/mol. The molecular formula is C8H10Se2. The Morgan fingerprint density at radius 1 is 1.20 bits per heavy atom. The van der Waals surface area contributed by atoms with Crippen molar-refractivity contribution in [3.05, 3.63) is 21.1 Å². The van der Waals surface area contributed by atoms with Crippen LogP contribution >= 0.6 is 0 Å². The first-order valence-electron chi connectivity index (χ1n) is 3.54. The van der Waals surface area contributed by atoms with Crippen LogP contribution in [-0.2, 0) is 0 Å². The number of allylic oxidation sites excluding steroid dienone is 4. The zero-order valence-electron chi connectivity index (χ0n) is 5.80. The van der Waals surface area contributed by atoms with Crippen LogP contribution in [0.3, 0.4) is 0 Å². The number of hydrogen-bond acceptors (Lipinski definition) is 0. The van der Waals surface area contributed by atoms with Gasteiger partial charge in [0.15, 0.2) is 0 Å². The Morgan fingerprint density at radius 3 is 2.80 bits per heavy atom. The molecule has 0 aliphatic heterocycles. The molecule has 0 saturated heterocycles. The molecule has 0 spiro atoms. The first-order valence-corrected chi connectivity index (χ1v) is 5.26. The molecule has 0 N–H and O–H groups in total. The summed E-state index contributed by atoms with van der Waals surface area (Å²) in [6.07, 6.45) is 9.51. The van der Waals surface area contributed by atoms with Gasteiger partial charge >= 0.3 is 78.8 Å². The van der Waals surface area contributed by atoms with Gasteiger partial charge in [0, 0.05) is 0 Å². The van der Waals surface area contributed by atoms with Crippen molar-refractivity contribution in [1.29, 1.82) is 0 Å². The number of rotatable bonds is 0. The summed E-state index contributed by atoms with van der Waals surface area (Å²) < 4.78 is 2.68. The fraction of sp³-hybridized carbons (Fsp3) is 0.500. The van der Waals surface area contributed by atoms with Gasteiger partial charge in [-0.05, 0) is 0 Å². The quantitative estimate of drug-likeness (QED) is 0.584. The third kappa shape index (κ3) is 2.64. The second-order valence-electron chi connectivity index (χ2n) is 2.44. The first-order chi connectivity index (χ1) is 4.80. The van der Waals surface area contributed by atoms with Crippen LogP contribution in [0.5, 0.6) is 0 Å². The second-order valence-corrected chi connectivity index (χ2v) is 4.39. The van der Waals surface area contributed by atoms with E-state index in [1.54, 1.807) is 0 Å². The second kappa shape index (κ2) is 4.41. The van der Waals surface area contributed by atoms with E-state index in [9.17, 15) is 0 Å². The van der Waals surface area contributed by atoms with Gasteiger partial charge in [-0.15, -0.1) is 0 Å². The molecule has 0 bridgehead atoms. The van der Waals surface area contributed by atoms with Gasteiger partial charge in [0.05, 0.1) is 0 Å². The Balaban J connectivity index is 2.67. The molecule has 0 unspecified atom stereocenters. The molecule has 0 heterocycles. The van der Waals surface area contributed by atoms with Crippen molar-refractivity contribution in [2.24, 2.45) is 0 Å². The molecule has 0 atom stereocenters. The van der Waals surface area contributed by atoms with Crippen molar-refractivity contribution < 1.29 is 0 Å². The van der Waals surface area contributed by atoms with Gasteiger partial charge < -0.3 is 0 Å². The van der Waals surface area contributed by atoms with Gasteiger partial charge in [-0.25, -0.2) is 0 Å². The van der Waals surface area contributed by atoms with E-state index >= 15 is 0 Å². The van der Waals surface area contributed by atoms with Crippen LogP contribution in [-0.4, -0.2) is 32.0 Å². The van der Waals surface area contributed by atoms with Crippen LogP contribution in [0.2, 0.25) is 0 Å². The summed E-state index contributed by atoms with van der Waals surface area (Å²) >= 11 is 6.15. The summed E-state index contributed by atoms with van der Waals surface area (Å²) in [6, 6.07) is 0. The minimum atomic E-state index is 1.21. The van der Waals surface area contributed by atoms with Gasteiger partial charge in [0.2, 0.25) is 0 Å². The summed E-state index contributed by atoms with van der Waals surface area (Å²) in [4.78, 5) is 0. The van der Waals surface area contributed by atoms with E-state index in [2.05, 4.69) is 44.2 Å². The first kappa shape index (κ1) is 8.61. The maximum absolute atomic E-state index is 3.09. The van der Waals surface area contributed by atoms with Crippen molar-refractivity contribution in [1.82, 2.24) is 0 Å². The Morgan fingerprint density at radius 2 is 2.00 bits per heavy atom. The normalized spacial score (nSPS) is 30.8. The zero-order chi connectivity index (χ0) is 7.40. The van der Waals surface area contributed by atoms with Crippen molar-refractivity contribution in [3.8, 4) is 0 Å². The van der Waals surface area contributed by atoms with Crippen molar-refractivity contribution in [2.45, 2.75) is 25.7 Å². The van der Waals surface area contributed by atoms with E-state index in [1.807, 2.05) is 0 Å². The molecule has 0 aromatic carbocycles. The SMILES string of the molecule is [Se]C1=C(\[Se])CCCC/C=C\1. The molecule has 54 valence electrons. The fourth-order valence-electron chi connectivity index (χ4n) is 0.954. The molecule has 1 rings (SSSR count). The molecule has 1 aliphatic carbocycles. The Hall–Kier alpha value is 0.519. The van der Waals surface area contributed by atoms with Crippen molar-refractivity contribution in [2.75, 3.05) is 0 Å². The van der Waals surface area contributed by atoms with E-state index in [-0.39, 0.29) is 0 Å². The Bertz CT molecular complexity index is 168. The fourth-order valence-corrected chi connectivity index (χ4v) is 1.82. The van der Waals surface area contributed by atoms with E-state index < -0.39 is 0 Å². The van der Waals surface area contributed by atoms with Gasteiger partial charge in [-0.2, -0.15) is 0 Å². The van der Waals surface area contributed by atoms with E-state index in [1.165, 1.54) is 34.6 Å². The van der Waals surface area contributed by atoms with Crippen LogP contribution in [0.1, 0.15) is 25.7 Å². The Kier molecular flexibility index (Phi) is 3.80. The summed E-state index contributed by atoms with van der Waals surface area (Å²) in [5, 5.41) is 0. The van der Waals surface area contributed by atoms with Gasteiger partial charge in [0.1, 0.15) is 0 Å². The monoisotopic (exact) mass is 266 g/mol. The van der Waals surface area contributed by atoms with Crippen LogP contribution in [0.25, 0.3) is 0 Å². The maximum atomic E-state index is 3.09. The third-order valence-corrected chi connectivity index (χ3v) is 3.92. The molecule has 0 fully saturated rings. The van der Waals surface area contributed by atoms with Crippen LogP contribution in [0, 0.1) is 0 Å². The van der Waals surface area contributed by atoms with Crippen LogP contribution in [0.4, 0.5) is 0 Å². The zero-order valence-corrected chi connectivity index (χ0v) is 9.23. The van der Waals surface area contributed by atoms with Crippen LogP contribution in [0.15, 0.2) is 21.1 Å². The summed E-state index contributed by atoms with van der Waals surface area (Å²) in [5.41, 5.74) is 0. The van der Waals surface area contributed by atoms with Gasteiger partial charge in [-0.3, -0.25) is 0 Å². The molecule has 2 radical (unpaired) electrons. The number of hydrogen-bond donors (Lipinski definition) is 0. The van der Waals surface area contributed by atoms with Crippen LogP contribution < -0.4 is 0 Å². The predicted molar refractivity (Wildman–Crippen MR) is 46.1 cm³/mol. The minimum absolute atomic E-state index is 1.21. The summed E-state index contributed by atoms with van der Waals surface area (Å²) in [6.45, 7) is 0. The Labute approximate surface area is 78.8 Å². The molecule has 0 aromatic heterocycles. The molecule has 0 nitrogen and oxygen atoms in total. The summed E-state index contributed by atoms with van der Waals surface area (Å²) in [5.74, 6) is 0. The molecule has 0 aromatic rings. The topological polar surface area (TPSA) is 0 Å². The molecule has 0 saturated carbocycles. The predicted octanol–water partition coefficient (Wildman–Crippen LogP) is 1.67. The molecule has 2 heteroatoms. The summed E-state index contributed by atoms with van der Waals surface area (Å²) in [7, 11) is 0. The average molecular weight is 264 g/mol. The van der Waals surface area contributed by atoms with Crippen molar-refractivity contribution in [3.63, 3.8) is 0 Å². The van der Waals surface area contributed by atoms with E-state index in [4.69, 9.17) is 0 Å². The molecule has 0 amide bonds. The van der Waals surface area contributed by atoms with E-state index in [0.717, 1.165) is 0 Å². The van der Waals surface area contributed by atoms with Gasteiger partial charge in [-0.1, -0.05) is 0 Å².